The molecule has 18 heavy (non-hydrogen) atoms. The van der Waals surface area contributed by atoms with Gasteiger partial charge in [0.05, 0.1) is 17.1 Å². The predicted octanol–water partition coefficient (Wildman–Crippen LogP) is 1.52. The number of rotatable bonds is 3. The first kappa shape index (κ1) is 12.8. The van der Waals surface area contributed by atoms with Crippen LogP contribution < -0.4 is 11.3 Å². The minimum Gasteiger partial charge on any atom is -0.289 e. The highest BCUT2D eigenvalue weighted by Crippen LogP contribution is 2.19. The molecule has 5 nitrogen and oxygen atoms in total. The van der Waals surface area contributed by atoms with E-state index in [2.05, 4.69) is 17.4 Å². The van der Waals surface area contributed by atoms with Crippen molar-refractivity contribution in [2.45, 2.75) is 27.3 Å². The van der Waals surface area contributed by atoms with E-state index < -0.39 is 0 Å². The Kier molecular flexibility index (Phi) is 3.49. The van der Waals surface area contributed by atoms with Gasteiger partial charge in [0.2, 0.25) is 0 Å². The first-order valence-corrected chi connectivity index (χ1v) is 6.50. The number of nitrogens with zero attached hydrogens (tertiary/aromatic N) is 2. The van der Waals surface area contributed by atoms with Crippen LogP contribution in [0.2, 0.25) is 0 Å². The molecule has 2 aromatic heterocycles. The number of amides is 1. The first-order valence-electron chi connectivity index (χ1n) is 5.62. The third-order valence-corrected chi connectivity index (χ3v) is 4.10. The van der Waals surface area contributed by atoms with E-state index >= 15 is 0 Å². The third-order valence-electron chi connectivity index (χ3n) is 3.15. The molecule has 96 valence electrons. The molecule has 0 spiro atoms. The molecule has 2 heterocycles. The molecule has 1 amide bonds. The summed E-state index contributed by atoms with van der Waals surface area (Å²) in [5, 5.41) is 6.36. The highest BCUT2D eigenvalue weighted by Gasteiger charge is 2.14. The summed E-state index contributed by atoms with van der Waals surface area (Å²) in [5.41, 5.74) is 6.44. The zero-order chi connectivity index (χ0) is 13.3. The van der Waals surface area contributed by atoms with Crippen molar-refractivity contribution < 1.29 is 4.79 Å². The number of carbonyl (C=O) groups is 1. The molecule has 0 atom stereocenters. The van der Waals surface area contributed by atoms with Gasteiger partial charge in [-0.3, -0.25) is 14.9 Å². The van der Waals surface area contributed by atoms with Gasteiger partial charge in [0.1, 0.15) is 0 Å². The number of aryl methyl sites for hydroxylation is 1. The van der Waals surface area contributed by atoms with Gasteiger partial charge in [0.15, 0.2) is 0 Å². The predicted molar refractivity (Wildman–Crippen MR) is 71.5 cm³/mol. The number of nitrogens with two attached hydrogens (primary N) is 1. The second-order valence-corrected chi connectivity index (χ2v) is 5.12. The largest absolute Gasteiger partial charge is 0.289 e. The smallest absolute Gasteiger partial charge is 0.275 e. The number of thiophene rings is 1. The van der Waals surface area contributed by atoms with E-state index in [9.17, 15) is 4.79 Å². The van der Waals surface area contributed by atoms with Gasteiger partial charge in [-0.25, -0.2) is 5.84 Å². The number of hydrazine groups is 1. The van der Waals surface area contributed by atoms with Gasteiger partial charge in [-0.1, -0.05) is 0 Å². The highest BCUT2D eigenvalue weighted by atomic mass is 32.1. The van der Waals surface area contributed by atoms with Crippen LogP contribution in [0.15, 0.2) is 11.4 Å². The molecule has 0 bridgehead atoms. The van der Waals surface area contributed by atoms with E-state index in [0.29, 0.717) is 11.4 Å². The summed E-state index contributed by atoms with van der Waals surface area (Å²) in [7, 11) is 0. The van der Waals surface area contributed by atoms with Crippen LogP contribution >= 0.6 is 11.3 Å². The van der Waals surface area contributed by atoms with Crippen LogP contribution in [-0.4, -0.2) is 15.7 Å². The Morgan fingerprint density at radius 1 is 1.50 bits per heavy atom. The molecule has 0 saturated heterocycles. The van der Waals surface area contributed by atoms with Gasteiger partial charge in [-0.15, -0.1) is 11.3 Å². The summed E-state index contributed by atoms with van der Waals surface area (Å²) in [6.07, 6.45) is 0. The molecule has 0 saturated carbocycles. The van der Waals surface area contributed by atoms with Crippen molar-refractivity contribution in [1.82, 2.24) is 15.2 Å². The van der Waals surface area contributed by atoms with E-state index in [0.717, 1.165) is 17.0 Å². The van der Waals surface area contributed by atoms with Gasteiger partial charge in [-0.05, 0) is 43.3 Å². The fourth-order valence-corrected chi connectivity index (χ4v) is 2.65. The van der Waals surface area contributed by atoms with E-state index in [1.165, 1.54) is 16.9 Å². The molecule has 0 aliphatic heterocycles. The van der Waals surface area contributed by atoms with Crippen molar-refractivity contribution in [2.24, 2.45) is 5.84 Å². The van der Waals surface area contributed by atoms with Gasteiger partial charge in [-0.2, -0.15) is 5.10 Å². The molecule has 0 unspecified atom stereocenters. The monoisotopic (exact) mass is 264 g/mol. The summed E-state index contributed by atoms with van der Waals surface area (Å²) in [6, 6.07) is 1.93. The maximum Gasteiger partial charge on any atom is 0.275 e. The summed E-state index contributed by atoms with van der Waals surface area (Å²) < 4.78 is 1.92. The van der Waals surface area contributed by atoms with Crippen molar-refractivity contribution in [2.75, 3.05) is 0 Å². The van der Waals surface area contributed by atoms with Gasteiger partial charge in [0, 0.05) is 5.69 Å². The lowest BCUT2D eigenvalue weighted by molar-refractivity contribution is 0.0956. The molecule has 0 aliphatic rings. The molecule has 0 fully saturated rings. The van der Waals surface area contributed by atoms with Crippen LogP contribution in [0.1, 0.15) is 32.2 Å². The molecular formula is C12H16N4OS. The number of carbonyl (C=O) groups excluding carboxylic acids is 1. The second-order valence-electron chi connectivity index (χ2n) is 4.20. The summed E-state index contributed by atoms with van der Waals surface area (Å²) in [6.45, 7) is 6.66. The van der Waals surface area contributed by atoms with Gasteiger partial charge in [0.25, 0.3) is 5.91 Å². The Bertz CT molecular complexity index is 585. The summed E-state index contributed by atoms with van der Waals surface area (Å²) in [5.74, 6) is 4.92. The van der Waals surface area contributed by atoms with Crippen LogP contribution in [0.5, 0.6) is 0 Å². The molecular weight excluding hydrogens is 248 g/mol. The molecule has 3 N–H and O–H groups in total. The molecule has 2 rings (SSSR count). The summed E-state index contributed by atoms with van der Waals surface area (Å²) >= 11 is 1.39. The normalized spacial score (nSPS) is 10.7. The zero-order valence-electron chi connectivity index (χ0n) is 10.7. The maximum atomic E-state index is 11.6. The summed E-state index contributed by atoms with van der Waals surface area (Å²) in [4.78, 5) is 12.2. The fourth-order valence-electron chi connectivity index (χ4n) is 1.83. The Balaban J connectivity index is 2.32. The first-order chi connectivity index (χ1) is 8.54. The van der Waals surface area contributed by atoms with E-state index in [1.54, 1.807) is 0 Å². The lowest BCUT2D eigenvalue weighted by Crippen LogP contribution is -2.30. The van der Waals surface area contributed by atoms with Crippen molar-refractivity contribution in [3.05, 3.63) is 38.8 Å². The quantitative estimate of drug-likeness (QED) is 0.501. The van der Waals surface area contributed by atoms with Crippen molar-refractivity contribution in [3.63, 3.8) is 0 Å². The number of nitrogens with one attached hydrogen (secondary N) is 1. The topological polar surface area (TPSA) is 72.9 Å². The number of hydrogen-bond acceptors (Lipinski definition) is 4. The van der Waals surface area contributed by atoms with Crippen molar-refractivity contribution in [3.8, 4) is 0 Å². The third kappa shape index (κ3) is 2.16. The minimum atomic E-state index is -0.252. The van der Waals surface area contributed by atoms with Crippen LogP contribution in [0, 0.1) is 20.8 Å². The molecule has 0 radical (unpaired) electrons. The van der Waals surface area contributed by atoms with E-state index in [-0.39, 0.29) is 5.91 Å². The van der Waals surface area contributed by atoms with Crippen LogP contribution in [-0.2, 0) is 6.54 Å². The number of nitrogen functional groups attached to an aromatic ring is 1. The van der Waals surface area contributed by atoms with E-state index in [1.807, 2.05) is 30.0 Å². The lowest BCUT2D eigenvalue weighted by atomic mass is 10.2. The minimum absolute atomic E-state index is 0.252. The second kappa shape index (κ2) is 4.91. The standard InChI is InChI=1S/C12H16N4OS/c1-7-8(2)15-16(9(7)3)6-10-4-5-18-11(10)12(17)14-13/h4-5H,6,13H2,1-3H3,(H,14,17). The molecule has 6 heteroatoms. The number of aromatic nitrogens is 2. The molecule has 2 aromatic rings. The Morgan fingerprint density at radius 3 is 2.78 bits per heavy atom. The van der Waals surface area contributed by atoms with E-state index in [4.69, 9.17) is 5.84 Å². The zero-order valence-corrected chi connectivity index (χ0v) is 11.5. The van der Waals surface area contributed by atoms with Gasteiger partial charge < -0.3 is 0 Å². The van der Waals surface area contributed by atoms with Gasteiger partial charge >= 0.3 is 0 Å². The lowest BCUT2D eigenvalue weighted by Gasteiger charge is -2.05. The molecule has 0 aromatic carbocycles. The Hall–Kier alpha value is -1.66. The van der Waals surface area contributed by atoms with Crippen LogP contribution in [0.25, 0.3) is 0 Å². The highest BCUT2D eigenvalue weighted by molar-refractivity contribution is 7.12. The molecule has 0 aliphatic carbocycles. The SMILES string of the molecule is Cc1nn(Cc2ccsc2C(=O)NN)c(C)c1C. The number of hydrogen-bond donors (Lipinski definition) is 2. The van der Waals surface area contributed by atoms with Crippen LogP contribution in [0.4, 0.5) is 0 Å². The average molecular weight is 264 g/mol. The Morgan fingerprint density at radius 2 is 2.22 bits per heavy atom. The maximum absolute atomic E-state index is 11.6. The fraction of sp³-hybridized carbons (Fsp3) is 0.333. The van der Waals surface area contributed by atoms with Crippen molar-refractivity contribution >= 4 is 17.2 Å². The van der Waals surface area contributed by atoms with Crippen LogP contribution in [0.3, 0.4) is 0 Å². The van der Waals surface area contributed by atoms with Crippen molar-refractivity contribution in [1.29, 1.82) is 0 Å². The average Bonchev–Trinajstić information content (AvgIpc) is 2.91. The Labute approximate surface area is 110 Å².